The molecule has 1 aromatic heterocycles. The van der Waals surface area contributed by atoms with E-state index in [1.54, 1.807) is 18.3 Å². The minimum Gasteiger partial charge on any atom is -0.355 e. The zero-order valence-electron chi connectivity index (χ0n) is 8.56. The van der Waals surface area contributed by atoms with Gasteiger partial charge in [-0.1, -0.05) is 0 Å². The van der Waals surface area contributed by atoms with Crippen molar-refractivity contribution in [2.45, 2.75) is 18.9 Å². The third-order valence-corrected chi connectivity index (χ3v) is 2.75. The molecule has 4 nitrogen and oxygen atoms in total. The summed E-state index contributed by atoms with van der Waals surface area (Å²) in [4.78, 5) is 6.40. The van der Waals surface area contributed by atoms with Crippen LogP contribution in [0.3, 0.4) is 0 Å². The number of nitriles is 1. The SMILES string of the molecule is N#Cc1cccnc1N1CCC(N)CC1. The standard InChI is InChI=1S/C11H14N4/c12-8-9-2-1-5-14-11(9)15-6-3-10(13)4-7-15/h1-2,5,10H,3-4,6-7,13H2. The predicted molar refractivity (Wildman–Crippen MR) is 58.4 cm³/mol. The van der Waals surface area contributed by atoms with Crippen LogP contribution in [0.2, 0.25) is 0 Å². The van der Waals surface area contributed by atoms with Gasteiger partial charge in [-0.25, -0.2) is 4.98 Å². The van der Waals surface area contributed by atoms with E-state index < -0.39 is 0 Å². The quantitative estimate of drug-likeness (QED) is 0.734. The maximum atomic E-state index is 8.96. The van der Waals surface area contributed by atoms with Gasteiger partial charge in [0, 0.05) is 25.3 Å². The molecular formula is C11H14N4. The molecule has 2 rings (SSSR count). The van der Waals surface area contributed by atoms with E-state index in [0.717, 1.165) is 31.7 Å². The third kappa shape index (κ3) is 2.08. The summed E-state index contributed by atoms with van der Waals surface area (Å²) in [5, 5.41) is 8.96. The van der Waals surface area contributed by atoms with E-state index in [2.05, 4.69) is 16.0 Å². The summed E-state index contributed by atoms with van der Waals surface area (Å²) in [6.07, 6.45) is 3.67. The average molecular weight is 202 g/mol. The van der Waals surface area contributed by atoms with Gasteiger partial charge in [0.1, 0.15) is 11.9 Å². The molecule has 0 bridgehead atoms. The van der Waals surface area contributed by atoms with E-state index in [1.165, 1.54) is 0 Å². The minimum atomic E-state index is 0.301. The van der Waals surface area contributed by atoms with Crippen molar-refractivity contribution in [2.24, 2.45) is 5.73 Å². The Balaban J connectivity index is 2.19. The van der Waals surface area contributed by atoms with E-state index in [1.807, 2.05) is 0 Å². The second kappa shape index (κ2) is 4.28. The van der Waals surface area contributed by atoms with Gasteiger partial charge in [0.25, 0.3) is 0 Å². The van der Waals surface area contributed by atoms with Crippen LogP contribution in [-0.2, 0) is 0 Å². The Morgan fingerprint density at radius 3 is 2.87 bits per heavy atom. The molecule has 0 atom stereocenters. The lowest BCUT2D eigenvalue weighted by Gasteiger charge is -2.31. The number of nitrogens with two attached hydrogens (primary N) is 1. The highest BCUT2D eigenvalue weighted by atomic mass is 15.2. The van der Waals surface area contributed by atoms with Crippen molar-refractivity contribution in [3.05, 3.63) is 23.9 Å². The van der Waals surface area contributed by atoms with E-state index in [4.69, 9.17) is 11.0 Å². The van der Waals surface area contributed by atoms with Crippen molar-refractivity contribution >= 4 is 5.82 Å². The molecule has 4 heteroatoms. The Kier molecular flexibility index (Phi) is 2.84. The molecule has 1 aliphatic rings. The second-order valence-corrected chi connectivity index (χ2v) is 3.81. The van der Waals surface area contributed by atoms with E-state index in [9.17, 15) is 0 Å². The number of rotatable bonds is 1. The fourth-order valence-electron chi connectivity index (χ4n) is 1.85. The fraction of sp³-hybridized carbons (Fsp3) is 0.455. The van der Waals surface area contributed by atoms with Crippen molar-refractivity contribution in [3.63, 3.8) is 0 Å². The lowest BCUT2D eigenvalue weighted by Crippen LogP contribution is -2.40. The number of hydrogen-bond donors (Lipinski definition) is 1. The van der Waals surface area contributed by atoms with Crippen LogP contribution in [0.4, 0.5) is 5.82 Å². The van der Waals surface area contributed by atoms with Crippen molar-refractivity contribution in [1.82, 2.24) is 4.98 Å². The van der Waals surface area contributed by atoms with E-state index in [-0.39, 0.29) is 0 Å². The van der Waals surface area contributed by atoms with Crippen LogP contribution in [0, 0.1) is 11.3 Å². The molecule has 1 aromatic rings. The maximum absolute atomic E-state index is 8.96. The molecule has 1 aliphatic heterocycles. The van der Waals surface area contributed by atoms with Crippen LogP contribution in [0.1, 0.15) is 18.4 Å². The average Bonchev–Trinajstić information content (AvgIpc) is 2.30. The van der Waals surface area contributed by atoms with Gasteiger partial charge in [-0.3, -0.25) is 0 Å². The van der Waals surface area contributed by atoms with Gasteiger partial charge < -0.3 is 10.6 Å². The molecule has 0 amide bonds. The first-order valence-electron chi connectivity index (χ1n) is 5.17. The Hall–Kier alpha value is -1.60. The van der Waals surface area contributed by atoms with Crippen molar-refractivity contribution in [1.29, 1.82) is 5.26 Å². The monoisotopic (exact) mass is 202 g/mol. The van der Waals surface area contributed by atoms with E-state index in [0.29, 0.717) is 11.6 Å². The summed E-state index contributed by atoms with van der Waals surface area (Å²) in [6.45, 7) is 1.79. The number of nitrogens with zero attached hydrogens (tertiary/aromatic N) is 3. The Bertz CT molecular complexity index is 374. The lowest BCUT2D eigenvalue weighted by atomic mass is 10.1. The molecule has 0 saturated carbocycles. The smallest absolute Gasteiger partial charge is 0.146 e. The van der Waals surface area contributed by atoms with Crippen LogP contribution in [0.5, 0.6) is 0 Å². The zero-order chi connectivity index (χ0) is 10.7. The molecule has 2 heterocycles. The maximum Gasteiger partial charge on any atom is 0.146 e. The summed E-state index contributed by atoms with van der Waals surface area (Å²) in [5.41, 5.74) is 6.48. The van der Waals surface area contributed by atoms with Crippen molar-refractivity contribution in [2.75, 3.05) is 18.0 Å². The number of pyridine rings is 1. The lowest BCUT2D eigenvalue weighted by molar-refractivity contribution is 0.498. The first-order valence-corrected chi connectivity index (χ1v) is 5.17. The molecule has 0 aromatic carbocycles. The normalized spacial score (nSPS) is 17.5. The van der Waals surface area contributed by atoms with Gasteiger partial charge >= 0.3 is 0 Å². The number of piperidine rings is 1. The van der Waals surface area contributed by atoms with E-state index >= 15 is 0 Å². The Morgan fingerprint density at radius 2 is 2.20 bits per heavy atom. The molecular weight excluding hydrogens is 188 g/mol. The summed E-state index contributed by atoms with van der Waals surface area (Å²) >= 11 is 0. The largest absolute Gasteiger partial charge is 0.355 e. The van der Waals surface area contributed by atoms with Gasteiger partial charge in [-0.15, -0.1) is 0 Å². The Labute approximate surface area is 89.3 Å². The molecule has 0 spiro atoms. The topological polar surface area (TPSA) is 65.9 Å². The fourth-order valence-corrected chi connectivity index (χ4v) is 1.85. The van der Waals surface area contributed by atoms with Gasteiger partial charge in [0.2, 0.25) is 0 Å². The first-order chi connectivity index (χ1) is 7.31. The first kappa shape index (κ1) is 9.94. The molecule has 78 valence electrons. The van der Waals surface area contributed by atoms with Crippen LogP contribution in [-0.4, -0.2) is 24.1 Å². The molecule has 2 N–H and O–H groups in total. The van der Waals surface area contributed by atoms with Crippen molar-refractivity contribution in [3.8, 4) is 6.07 Å². The van der Waals surface area contributed by atoms with Crippen LogP contribution < -0.4 is 10.6 Å². The second-order valence-electron chi connectivity index (χ2n) is 3.81. The van der Waals surface area contributed by atoms with Gasteiger partial charge in [-0.05, 0) is 25.0 Å². The number of anilines is 1. The van der Waals surface area contributed by atoms with Gasteiger partial charge in [0.15, 0.2) is 0 Å². The highest BCUT2D eigenvalue weighted by molar-refractivity contribution is 5.53. The number of aromatic nitrogens is 1. The minimum absolute atomic E-state index is 0.301. The number of hydrogen-bond acceptors (Lipinski definition) is 4. The van der Waals surface area contributed by atoms with Crippen LogP contribution in [0.15, 0.2) is 18.3 Å². The molecule has 0 unspecified atom stereocenters. The van der Waals surface area contributed by atoms with Gasteiger partial charge in [0.05, 0.1) is 5.56 Å². The van der Waals surface area contributed by atoms with Crippen molar-refractivity contribution < 1.29 is 0 Å². The third-order valence-electron chi connectivity index (χ3n) is 2.75. The molecule has 1 fully saturated rings. The summed E-state index contributed by atoms with van der Waals surface area (Å²) in [5.74, 6) is 0.798. The highest BCUT2D eigenvalue weighted by Crippen LogP contribution is 2.20. The zero-order valence-corrected chi connectivity index (χ0v) is 8.56. The molecule has 0 radical (unpaired) electrons. The highest BCUT2D eigenvalue weighted by Gasteiger charge is 2.19. The molecule has 15 heavy (non-hydrogen) atoms. The predicted octanol–water partition coefficient (Wildman–Crippen LogP) is 0.881. The summed E-state index contributed by atoms with van der Waals surface area (Å²) < 4.78 is 0. The summed E-state index contributed by atoms with van der Waals surface area (Å²) in [6, 6.07) is 6.06. The summed E-state index contributed by atoms with van der Waals surface area (Å²) in [7, 11) is 0. The van der Waals surface area contributed by atoms with Gasteiger partial charge in [-0.2, -0.15) is 5.26 Å². The Morgan fingerprint density at radius 1 is 1.47 bits per heavy atom. The van der Waals surface area contributed by atoms with Crippen LogP contribution in [0.25, 0.3) is 0 Å². The van der Waals surface area contributed by atoms with Crippen LogP contribution >= 0.6 is 0 Å². The molecule has 0 aliphatic carbocycles. The molecule has 1 saturated heterocycles.